The van der Waals surface area contributed by atoms with E-state index >= 15 is 0 Å². The molecular weight excluding hydrogens is 412 g/mol. The van der Waals surface area contributed by atoms with Crippen molar-refractivity contribution in [1.29, 1.82) is 0 Å². The summed E-state index contributed by atoms with van der Waals surface area (Å²) < 4.78 is 27.2. The highest BCUT2D eigenvalue weighted by Crippen LogP contribution is 2.26. The monoisotopic (exact) mass is 431 g/mol. The van der Waals surface area contributed by atoms with Crippen LogP contribution in [0.2, 0.25) is 0 Å². The van der Waals surface area contributed by atoms with Crippen molar-refractivity contribution in [3.63, 3.8) is 0 Å². The molecule has 0 saturated heterocycles. The Bertz CT molecular complexity index is 1310. The number of pyridine rings is 1. The molecule has 4 aromatic rings. The summed E-state index contributed by atoms with van der Waals surface area (Å²) in [5.41, 5.74) is 2.47. The van der Waals surface area contributed by atoms with E-state index in [1.807, 2.05) is 36.4 Å². The number of benzene rings is 3. The minimum Gasteiger partial charge on any atom is -0.357 e. The second-order valence-electron chi connectivity index (χ2n) is 7.13. The Labute approximate surface area is 183 Å². The normalized spacial score (nSPS) is 11.7. The van der Waals surface area contributed by atoms with Gasteiger partial charge in [-0.2, -0.15) is 0 Å². The van der Waals surface area contributed by atoms with Crippen LogP contribution in [-0.4, -0.2) is 23.8 Å². The second kappa shape index (κ2) is 8.93. The smallest absolute Gasteiger partial charge is 0.252 e. The molecule has 0 aliphatic carbocycles. The van der Waals surface area contributed by atoms with Crippen LogP contribution >= 0.6 is 0 Å². The van der Waals surface area contributed by atoms with Crippen LogP contribution in [0, 0.1) is 11.6 Å². The molecule has 2 amide bonds. The Kier molecular flexibility index (Phi) is 5.89. The van der Waals surface area contributed by atoms with Gasteiger partial charge in [0.2, 0.25) is 5.91 Å². The average Bonchev–Trinajstić information content (AvgIpc) is 2.83. The van der Waals surface area contributed by atoms with Crippen molar-refractivity contribution < 1.29 is 18.4 Å². The van der Waals surface area contributed by atoms with Crippen LogP contribution in [0.3, 0.4) is 0 Å². The number of hydrogen-bond acceptors (Lipinski definition) is 3. The molecule has 160 valence electrons. The van der Waals surface area contributed by atoms with E-state index in [0.29, 0.717) is 22.2 Å². The van der Waals surface area contributed by atoms with Gasteiger partial charge in [0.05, 0.1) is 16.8 Å². The summed E-state index contributed by atoms with van der Waals surface area (Å²) in [4.78, 5) is 30.4. The van der Waals surface area contributed by atoms with Crippen molar-refractivity contribution >= 4 is 22.7 Å². The van der Waals surface area contributed by atoms with E-state index in [2.05, 4.69) is 15.6 Å². The molecule has 3 aromatic carbocycles. The largest absolute Gasteiger partial charge is 0.357 e. The zero-order valence-electron chi connectivity index (χ0n) is 17.1. The molecular formula is C25H19F2N3O2. The van der Waals surface area contributed by atoms with E-state index in [4.69, 9.17) is 0 Å². The van der Waals surface area contributed by atoms with Crippen molar-refractivity contribution in [2.24, 2.45) is 0 Å². The average molecular weight is 431 g/mol. The summed E-state index contributed by atoms with van der Waals surface area (Å²) >= 11 is 0. The van der Waals surface area contributed by atoms with Gasteiger partial charge in [0.25, 0.3) is 5.91 Å². The fraction of sp³-hybridized carbons (Fsp3) is 0.0800. The first-order valence-corrected chi connectivity index (χ1v) is 9.90. The van der Waals surface area contributed by atoms with Gasteiger partial charge in [-0.05, 0) is 29.8 Å². The van der Waals surface area contributed by atoms with Crippen LogP contribution in [0.25, 0.3) is 22.2 Å². The van der Waals surface area contributed by atoms with Gasteiger partial charge in [-0.15, -0.1) is 0 Å². The van der Waals surface area contributed by atoms with E-state index in [1.165, 1.54) is 13.1 Å². The highest BCUT2D eigenvalue weighted by atomic mass is 19.2. The first-order chi connectivity index (χ1) is 15.5. The predicted molar refractivity (Wildman–Crippen MR) is 118 cm³/mol. The second-order valence-corrected chi connectivity index (χ2v) is 7.13. The summed E-state index contributed by atoms with van der Waals surface area (Å²) in [7, 11) is 1.40. The van der Waals surface area contributed by atoms with Crippen molar-refractivity contribution in [2.45, 2.75) is 6.04 Å². The molecule has 5 nitrogen and oxygen atoms in total. The lowest BCUT2D eigenvalue weighted by Crippen LogP contribution is -2.39. The summed E-state index contributed by atoms with van der Waals surface area (Å²) in [6, 6.07) is 20.1. The van der Waals surface area contributed by atoms with Crippen molar-refractivity contribution in [2.75, 3.05) is 7.05 Å². The van der Waals surface area contributed by atoms with Gasteiger partial charge >= 0.3 is 0 Å². The third-order valence-corrected chi connectivity index (χ3v) is 5.09. The first kappa shape index (κ1) is 21.1. The van der Waals surface area contributed by atoms with E-state index in [0.717, 1.165) is 17.7 Å². The molecule has 0 saturated carbocycles. The molecule has 0 spiro atoms. The van der Waals surface area contributed by atoms with Gasteiger partial charge in [0.1, 0.15) is 6.04 Å². The number of para-hydroxylation sites is 1. The predicted octanol–water partition coefficient (Wildman–Crippen LogP) is 4.40. The van der Waals surface area contributed by atoms with Crippen LogP contribution in [0.1, 0.15) is 22.0 Å². The van der Waals surface area contributed by atoms with E-state index in [9.17, 15) is 18.4 Å². The molecule has 0 fully saturated rings. The Morgan fingerprint density at radius 3 is 2.31 bits per heavy atom. The standard InChI is InChI=1S/C25H19F2N3O2/c1-28-25(32)23(16-11-12-19(26)20(27)13-16)30-24(31)18-14-22(15-7-3-2-4-8-15)29-21-10-6-5-9-17(18)21/h2-14,23H,1H3,(H,28,32)(H,30,31). The number of halogens is 2. The molecule has 32 heavy (non-hydrogen) atoms. The van der Waals surface area contributed by atoms with E-state index < -0.39 is 29.5 Å². The maximum absolute atomic E-state index is 13.8. The molecule has 0 bridgehead atoms. The van der Waals surface area contributed by atoms with E-state index in [1.54, 1.807) is 24.3 Å². The number of aromatic nitrogens is 1. The summed E-state index contributed by atoms with van der Waals surface area (Å²) in [5.74, 6) is -3.25. The number of carbonyl (C=O) groups is 2. The van der Waals surface area contributed by atoms with Gasteiger partial charge in [0.15, 0.2) is 11.6 Å². The number of fused-ring (bicyclic) bond motifs is 1. The van der Waals surface area contributed by atoms with Gasteiger partial charge in [-0.3, -0.25) is 9.59 Å². The minimum absolute atomic E-state index is 0.123. The quantitative estimate of drug-likeness (QED) is 0.492. The topological polar surface area (TPSA) is 71.1 Å². The maximum atomic E-state index is 13.8. The van der Waals surface area contributed by atoms with Crippen molar-refractivity contribution in [3.8, 4) is 11.3 Å². The van der Waals surface area contributed by atoms with Crippen LogP contribution in [0.15, 0.2) is 78.9 Å². The minimum atomic E-state index is -1.21. The molecule has 1 unspecified atom stereocenters. The fourth-order valence-electron chi connectivity index (χ4n) is 3.47. The van der Waals surface area contributed by atoms with Gasteiger partial charge < -0.3 is 10.6 Å². The number of hydrogen-bond donors (Lipinski definition) is 2. The Balaban J connectivity index is 1.77. The highest BCUT2D eigenvalue weighted by Gasteiger charge is 2.25. The van der Waals surface area contributed by atoms with Gasteiger partial charge in [-0.1, -0.05) is 54.6 Å². The Morgan fingerprint density at radius 2 is 1.59 bits per heavy atom. The molecule has 4 rings (SSSR count). The third kappa shape index (κ3) is 4.18. The van der Waals surface area contributed by atoms with Gasteiger partial charge in [0, 0.05) is 18.0 Å². The zero-order valence-corrected chi connectivity index (χ0v) is 17.1. The Morgan fingerprint density at radius 1 is 0.875 bits per heavy atom. The summed E-state index contributed by atoms with van der Waals surface area (Å²) in [6.07, 6.45) is 0. The molecule has 2 N–H and O–H groups in total. The molecule has 0 aliphatic heterocycles. The number of rotatable bonds is 5. The fourth-order valence-corrected chi connectivity index (χ4v) is 3.47. The molecule has 1 aromatic heterocycles. The number of amides is 2. The number of likely N-dealkylation sites (N-methyl/N-ethyl adjacent to an activating group) is 1. The molecule has 1 atom stereocenters. The summed E-state index contributed by atoms with van der Waals surface area (Å²) in [6.45, 7) is 0. The lowest BCUT2D eigenvalue weighted by atomic mass is 10.0. The third-order valence-electron chi connectivity index (χ3n) is 5.09. The SMILES string of the molecule is CNC(=O)C(NC(=O)c1cc(-c2ccccc2)nc2ccccc12)c1ccc(F)c(F)c1. The van der Waals surface area contributed by atoms with Crippen LogP contribution in [0.4, 0.5) is 8.78 Å². The molecule has 0 radical (unpaired) electrons. The number of nitrogens with one attached hydrogen (secondary N) is 2. The molecule has 0 aliphatic rings. The first-order valence-electron chi connectivity index (χ1n) is 9.90. The number of carbonyl (C=O) groups excluding carboxylic acids is 2. The van der Waals surface area contributed by atoms with Crippen LogP contribution < -0.4 is 10.6 Å². The lowest BCUT2D eigenvalue weighted by molar-refractivity contribution is -0.122. The lowest BCUT2D eigenvalue weighted by Gasteiger charge is -2.19. The van der Waals surface area contributed by atoms with Crippen LogP contribution in [0.5, 0.6) is 0 Å². The highest BCUT2D eigenvalue weighted by molar-refractivity contribution is 6.08. The van der Waals surface area contributed by atoms with E-state index in [-0.39, 0.29) is 5.56 Å². The zero-order chi connectivity index (χ0) is 22.7. The van der Waals surface area contributed by atoms with Gasteiger partial charge in [-0.25, -0.2) is 13.8 Å². The molecule has 1 heterocycles. The maximum Gasteiger partial charge on any atom is 0.252 e. The number of nitrogens with zero attached hydrogens (tertiary/aromatic N) is 1. The molecule has 7 heteroatoms. The van der Waals surface area contributed by atoms with Crippen LogP contribution in [-0.2, 0) is 4.79 Å². The summed E-state index contributed by atoms with van der Waals surface area (Å²) in [5, 5.41) is 5.70. The van der Waals surface area contributed by atoms with Crippen molar-refractivity contribution in [3.05, 3.63) is 102 Å². The Hall–Kier alpha value is -4.13. The van der Waals surface area contributed by atoms with Crippen molar-refractivity contribution in [1.82, 2.24) is 15.6 Å².